The zero-order chi connectivity index (χ0) is 15.2. The molecule has 0 aliphatic heterocycles. The highest BCUT2D eigenvalue weighted by Crippen LogP contribution is 2.18. The summed E-state index contributed by atoms with van der Waals surface area (Å²) in [5.41, 5.74) is 1.08. The molecule has 112 valence electrons. The third kappa shape index (κ3) is 6.06. The van der Waals surface area contributed by atoms with Crippen LogP contribution in [0.1, 0.15) is 45.7 Å². The number of methoxy groups -OCH3 is 1. The van der Waals surface area contributed by atoms with Crippen molar-refractivity contribution >= 4 is 5.91 Å². The molecule has 0 saturated carbocycles. The Balaban J connectivity index is 2.44. The van der Waals surface area contributed by atoms with E-state index in [4.69, 9.17) is 4.74 Å². The maximum Gasteiger partial charge on any atom is 0.221 e. The van der Waals surface area contributed by atoms with Crippen molar-refractivity contribution in [3.63, 3.8) is 0 Å². The van der Waals surface area contributed by atoms with Crippen LogP contribution < -0.4 is 15.4 Å². The standard InChI is InChI=1S/C16H26N2O2/c1-12(13-7-6-8-14(11-13)20-5)18-15(19)9-10-17-16(2,3)4/h6-8,11-12,17H,9-10H2,1-5H3,(H,18,19). The number of hydrogen-bond donors (Lipinski definition) is 2. The molecule has 0 heterocycles. The Labute approximate surface area is 121 Å². The summed E-state index contributed by atoms with van der Waals surface area (Å²) >= 11 is 0. The molecule has 20 heavy (non-hydrogen) atoms. The number of nitrogens with one attached hydrogen (secondary N) is 2. The molecule has 1 amide bonds. The summed E-state index contributed by atoms with van der Waals surface area (Å²) in [5, 5.41) is 6.30. The van der Waals surface area contributed by atoms with Gasteiger partial charge in [0.05, 0.1) is 13.2 Å². The minimum Gasteiger partial charge on any atom is -0.497 e. The third-order valence-corrected chi connectivity index (χ3v) is 2.98. The minimum atomic E-state index is -0.0211. The van der Waals surface area contributed by atoms with Gasteiger partial charge < -0.3 is 15.4 Å². The quantitative estimate of drug-likeness (QED) is 0.841. The van der Waals surface area contributed by atoms with Crippen LogP contribution in [0.2, 0.25) is 0 Å². The molecule has 1 unspecified atom stereocenters. The molecule has 4 heteroatoms. The lowest BCUT2D eigenvalue weighted by Gasteiger charge is -2.21. The lowest BCUT2D eigenvalue weighted by molar-refractivity contribution is -0.121. The van der Waals surface area contributed by atoms with E-state index in [9.17, 15) is 4.79 Å². The first kappa shape index (κ1) is 16.5. The normalized spacial score (nSPS) is 12.8. The number of carbonyl (C=O) groups is 1. The molecule has 1 aromatic carbocycles. The van der Waals surface area contributed by atoms with E-state index >= 15 is 0 Å². The van der Waals surface area contributed by atoms with Crippen LogP contribution in [0.25, 0.3) is 0 Å². The van der Waals surface area contributed by atoms with Gasteiger partial charge in [0.15, 0.2) is 0 Å². The second kappa shape index (κ2) is 7.29. The Morgan fingerprint density at radius 1 is 1.35 bits per heavy atom. The maximum absolute atomic E-state index is 11.9. The predicted molar refractivity (Wildman–Crippen MR) is 81.9 cm³/mol. The van der Waals surface area contributed by atoms with Crippen molar-refractivity contribution in [3.8, 4) is 5.75 Å². The summed E-state index contributed by atoms with van der Waals surface area (Å²) in [6.07, 6.45) is 0.478. The Morgan fingerprint density at radius 2 is 2.05 bits per heavy atom. The molecule has 4 nitrogen and oxygen atoms in total. The molecule has 1 rings (SSSR count). The highest BCUT2D eigenvalue weighted by atomic mass is 16.5. The molecule has 0 aliphatic rings. The van der Waals surface area contributed by atoms with E-state index in [0.29, 0.717) is 13.0 Å². The van der Waals surface area contributed by atoms with Crippen LogP contribution in [0, 0.1) is 0 Å². The molecular weight excluding hydrogens is 252 g/mol. The molecule has 1 atom stereocenters. The monoisotopic (exact) mass is 278 g/mol. The van der Waals surface area contributed by atoms with Gasteiger partial charge in [0.2, 0.25) is 5.91 Å². The molecule has 0 aromatic heterocycles. The van der Waals surface area contributed by atoms with E-state index in [2.05, 4.69) is 31.4 Å². The molecule has 1 aromatic rings. The Kier molecular flexibility index (Phi) is 6.02. The number of carbonyl (C=O) groups excluding carboxylic acids is 1. The first-order valence-electron chi connectivity index (χ1n) is 7.00. The van der Waals surface area contributed by atoms with E-state index in [1.54, 1.807) is 7.11 Å². The summed E-state index contributed by atoms with van der Waals surface area (Å²) in [6.45, 7) is 8.92. The zero-order valence-corrected chi connectivity index (χ0v) is 13.1. The van der Waals surface area contributed by atoms with Crippen molar-refractivity contribution in [1.82, 2.24) is 10.6 Å². The number of hydrogen-bond acceptors (Lipinski definition) is 3. The first-order chi connectivity index (χ1) is 9.31. The minimum absolute atomic E-state index is 0.0211. The largest absolute Gasteiger partial charge is 0.497 e. The lowest BCUT2D eigenvalue weighted by Crippen LogP contribution is -2.38. The van der Waals surface area contributed by atoms with Crippen molar-refractivity contribution in [2.75, 3.05) is 13.7 Å². The molecule has 0 fully saturated rings. The average Bonchev–Trinajstić information content (AvgIpc) is 2.37. The Morgan fingerprint density at radius 3 is 2.65 bits per heavy atom. The van der Waals surface area contributed by atoms with Gasteiger partial charge in [0, 0.05) is 18.5 Å². The van der Waals surface area contributed by atoms with Gasteiger partial charge >= 0.3 is 0 Å². The van der Waals surface area contributed by atoms with Crippen molar-refractivity contribution < 1.29 is 9.53 Å². The van der Waals surface area contributed by atoms with Crippen LogP contribution in [-0.2, 0) is 4.79 Å². The van der Waals surface area contributed by atoms with Crippen molar-refractivity contribution in [2.45, 2.75) is 45.7 Å². The van der Waals surface area contributed by atoms with Gasteiger partial charge in [-0.25, -0.2) is 0 Å². The fourth-order valence-electron chi connectivity index (χ4n) is 1.86. The number of benzene rings is 1. The second-order valence-corrected chi connectivity index (χ2v) is 5.99. The maximum atomic E-state index is 11.9. The molecular formula is C16H26N2O2. The Bertz CT molecular complexity index is 438. The smallest absolute Gasteiger partial charge is 0.221 e. The first-order valence-corrected chi connectivity index (χ1v) is 7.00. The molecule has 0 aliphatic carbocycles. The van der Waals surface area contributed by atoms with E-state index in [-0.39, 0.29) is 17.5 Å². The number of ether oxygens (including phenoxy) is 1. The van der Waals surface area contributed by atoms with Crippen LogP contribution >= 0.6 is 0 Å². The van der Waals surface area contributed by atoms with Crippen LogP contribution in [0.15, 0.2) is 24.3 Å². The molecule has 0 saturated heterocycles. The topological polar surface area (TPSA) is 50.4 Å². The highest BCUT2D eigenvalue weighted by Gasteiger charge is 2.12. The number of rotatable bonds is 6. The third-order valence-electron chi connectivity index (χ3n) is 2.98. The van der Waals surface area contributed by atoms with Gasteiger partial charge in [-0.1, -0.05) is 12.1 Å². The SMILES string of the molecule is COc1cccc(C(C)NC(=O)CCNC(C)(C)C)c1. The van der Waals surface area contributed by atoms with Crippen molar-refractivity contribution in [2.24, 2.45) is 0 Å². The molecule has 0 spiro atoms. The van der Waals surface area contributed by atoms with E-state index in [1.807, 2.05) is 31.2 Å². The second-order valence-electron chi connectivity index (χ2n) is 5.99. The van der Waals surface area contributed by atoms with E-state index < -0.39 is 0 Å². The summed E-state index contributed by atoms with van der Waals surface area (Å²) < 4.78 is 5.19. The molecule has 0 bridgehead atoms. The average molecular weight is 278 g/mol. The lowest BCUT2D eigenvalue weighted by atomic mass is 10.1. The zero-order valence-electron chi connectivity index (χ0n) is 13.1. The van der Waals surface area contributed by atoms with E-state index in [1.165, 1.54) is 0 Å². The van der Waals surface area contributed by atoms with Gasteiger partial charge in [-0.05, 0) is 45.4 Å². The molecule has 0 radical (unpaired) electrons. The van der Waals surface area contributed by atoms with Crippen molar-refractivity contribution in [1.29, 1.82) is 0 Å². The van der Waals surface area contributed by atoms with Gasteiger partial charge in [-0.15, -0.1) is 0 Å². The predicted octanol–water partition coefficient (Wildman–Crippen LogP) is 2.65. The fourth-order valence-corrected chi connectivity index (χ4v) is 1.86. The highest BCUT2D eigenvalue weighted by molar-refractivity contribution is 5.76. The van der Waals surface area contributed by atoms with Crippen LogP contribution in [0.5, 0.6) is 5.75 Å². The summed E-state index contributed by atoms with van der Waals surface area (Å²) in [6, 6.07) is 7.73. The van der Waals surface area contributed by atoms with Gasteiger partial charge in [-0.3, -0.25) is 4.79 Å². The summed E-state index contributed by atoms with van der Waals surface area (Å²) in [5.74, 6) is 0.857. The fraction of sp³-hybridized carbons (Fsp3) is 0.562. The van der Waals surface area contributed by atoms with Gasteiger partial charge in [-0.2, -0.15) is 0 Å². The van der Waals surface area contributed by atoms with Crippen LogP contribution in [-0.4, -0.2) is 25.1 Å². The Hall–Kier alpha value is -1.55. The van der Waals surface area contributed by atoms with Crippen LogP contribution in [0.4, 0.5) is 0 Å². The van der Waals surface area contributed by atoms with Gasteiger partial charge in [0.1, 0.15) is 5.75 Å². The van der Waals surface area contributed by atoms with Crippen molar-refractivity contribution in [3.05, 3.63) is 29.8 Å². The van der Waals surface area contributed by atoms with E-state index in [0.717, 1.165) is 11.3 Å². The van der Waals surface area contributed by atoms with Crippen LogP contribution in [0.3, 0.4) is 0 Å². The summed E-state index contributed by atoms with van der Waals surface area (Å²) in [7, 11) is 1.64. The summed E-state index contributed by atoms with van der Waals surface area (Å²) in [4.78, 5) is 11.9. The molecule has 2 N–H and O–H groups in total. The number of amides is 1. The van der Waals surface area contributed by atoms with Gasteiger partial charge in [0.25, 0.3) is 0 Å².